The number of esters is 1. The second-order valence-electron chi connectivity index (χ2n) is 6.08. The van der Waals surface area contributed by atoms with Crippen LogP contribution in [0.4, 0.5) is 4.39 Å². The number of thiophene rings is 1. The standard InChI is InChI=1S/C20H17FN2O5S2/c1-3-28-20(27)16-10(2)15-18(26)22-17(23-19(15)30-16)13(29-9-14(24)25)8-11-6-4-5-7-12(11)21/h4-8H,3,9H2,1-2H3,(H,24,25)(H,22,23,26). The molecular formula is C20H17FN2O5S2. The Labute approximate surface area is 178 Å². The van der Waals surface area contributed by atoms with Gasteiger partial charge in [-0.3, -0.25) is 9.59 Å². The van der Waals surface area contributed by atoms with Crippen LogP contribution in [0.1, 0.15) is 33.5 Å². The van der Waals surface area contributed by atoms with Gasteiger partial charge in [0.15, 0.2) is 0 Å². The molecule has 0 amide bonds. The first-order valence-corrected chi connectivity index (χ1v) is 10.6. The zero-order chi connectivity index (χ0) is 21.8. The van der Waals surface area contributed by atoms with Crippen molar-refractivity contribution in [1.29, 1.82) is 0 Å². The van der Waals surface area contributed by atoms with Gasteiger partial charge in [0, 0.05) is 5.56 Å². The molecule has 156 valence electrons. The number of nitrogens with zero attached hydrogens (tertiary/aromatic N) is 1. The van der Waals surface area contributed by atoms with E-state index in [1.54, 1.807) is 19.9 Å². The highest BCUT2D eigenvalue weighted by atomic mass is 32.2. The molecule has 0 atom stereocenters. The molecule has 1 aromatic carbocycles. The number of halogens is 1. The van der Waals surface area contributed by atoms with Gasteiger partial charge < -0.3 is 14.8 Å². The Hall–Kier alpha value is -2.98. The summed E-state index contributed by atoms with van der Waals surface area (Å²) in [4.78, 5) is 43.8. The maximum absolute atomic E-state index is 14.1. The first kappa shape index (κ1) is 21.7. The van der Waals surface area contributed by atoms with E-state index in [4.69, 9.17) is 9.84 Å². The Bertz CT molecular complexity index is 1220. The molecule has 0 aliphatic rings. The van der Waals surface area contributed by atoms with E-state index in [0.29, 0.717) is 10.4 Å². The van der Waals surface area contributed by atoms with E-state index in [2.05, 4.69) is 9.97 Å². The van der Waals surface area contributed by atoms with Crippen molar-refractivity contribution in [2.45, 2.75) is 13.8 Å². The van der Waals surface area contributed by atoms with Gasteiger partial charge in [-0.1, -0.05) is 18.2 Å². The summed E-state index contributed by atoms with van der Waals surface area (Å²) >= 11 is 1.92. The highest BCUT2D eigenvalue weighted by molar-refractivity contribution is 8.09. The molecule has 2 N–H and O–H groups in total. The fourth-order valence-corrected chi connectivity index (χ4v) is 4.50. The van der Waals surface area contributed by atoms with Crippen LogP contribution in [0.3, 0.4) is 0 Å². The molecule has 0 bridgehead atoms. The van der Waals surface area contributed by atoms with E-state index in [-0.39, 0.29) is 38.9 Å². The summed E-state index contributed by atoms with van der Waals surface area (Å²) in [6.07, 6.45) is 1.43. The molecule has 0 fully saturated rings. The van der Waals surface area contributed by atoms with Gasteiger partial charge in [-0.05, 0) is 31.6 Å². The number of ether oxygens (including phenoxy) is 1. The maximum atomic E-state index is 14.1. The van der Waals surface area contributed by atoms with Crippen molar-refractivity contribution in [2.24, 2.45) is 0 Å². The van der Waals surface area contributed by atoms with Gasteiger partial charge in [-0.25, -0.2) is 14.2 Å². The number of aromatic amines is 1. The monoisotopic (exact) mass is 448 g/mol. The van der Waals surface area contributed by atoms with Crippen molar-refractivity contribution >= 4 is 56.2 Å². The van der Waals surface area contributed by atoms with Gasteiger partial charge in [0.1, 0.15) is 21.3 Å². The minimum absolute atomic E-state index is 0.0960. The van der Waals surface area contributed by atoms with E-state index in [0.717, 1.165) is 23.1 Å². The molecule has 0 aliphatic carbocycles. The molecule has 0 saturated heterocycles. The molecule has 0 radical (unpaired) electrons. The number of benzene rings is 1. The Kier molecular flexibility index (Phi) is 6.68. The zero-order valence-corrected chi connectivity index (χ0v) is 17.7. The lowest BCUT2D eigenvalue weighted by Crippen LogP contribution is -2.11. The number of H-pyrrole nitrogens is 1. The molecule has 0 aliphatic heterocycles. The van der Waals surface area contributed by atoms with Crippen LogP contribution >= 0.6 is 23.1 Å². The maximum Gasteiger partial charge on any atom is 0.348 e. The predicted molar refractivity (Wildman–Crippen MR) is 115 cm³/mol. The quantitative estimate of drug-likeness (QED) is 0.527. The lowest BCUT2D eigenvalue weighted by atomic mass is 10.2. The Morgan fingerprint density at radius 1 is 1.37 bits per heavy atom. The molecule has 7 nitrogen and oxygen atoms in total. The number of rotatable bonds is 7. The summed E-state index contributed by atoms with van der Waals surface area (Å²) in [5.74, 6) is -2.31. The number of carbonyl (C=O) groups is 2. The number of aromatic nitrogens is 2. The van der Waals surface area contributed by atoms with Crippen molar-refractivity contribution in [3.63, 3.8) is 0 Å². The Morgan fingerprint density at radius 2 is 2.10 bits per heavy atom. The van der Waals surface area contributed by atoms with Gasteiger partial charge in [-0.15, -0.1) is 23.1 Å². The molecule has 30 heavy (non-hydrogen) atoms. The van der Waals surface area contributed by atoms with Crippen LogP contribution in [-0.4, -0.2) is 39.4 Å². The molecule has 0 spiro atoms. The van der Waals surface area contributed by atoms with E-state index in [1.807, 2.05) is 0 Å². The Morgan fingerprint density at radius 3 is 2.77 bits per heavy atom. The minimum Gasteiger partial charge on any atom is -0.481 e. The van der Waals surface area contributed by atoms with E-state index >= 15 is 0 Å². The van der Waals surface area contributed by atoms with Crippen molar-refractivity contribution in [2.75, 3.05) is 12.4 Å². The highest BCUT2D eigenvalue weighted by Crippen LogP contribution is 2.32. The van der Waals surface area contributed by atoms with Crippen LogP contribution in [0, 0.1) is 12.7 Å². The van der Waals surface area contributed by atoms with Crippen molar-refractivity contribution < 1.29 is 23.8 Å². The molecular weight excluding hydrogens is 431 g/mol. The van der Waals surface area contributed by atoms with E-state index < -0.39 is 23.3 Å². The largest absolute Gasteiger partial charge is 0.481 e. The number of nitrogens with one attached hydrogen (secondary N) is 1. The third-order valence-corrected chi connectivity index (χ3v) is 6.22. The topological polar surface area (TPSA) is 109 Å². The molecule has 2 heterocycles. The third-order valence-electron chi connectivity index (χ3n) is 4.04. The van der Waals surface area contributed by atoms with Gasteiger partial charge >= 0.3 is 11.9 Å². The summed E-state index contributed by atoms with van der Waals surface area (Å²) in [5.41, 5.74) is 0.212. The predicted octanol–water partition coefficient (Wildman–Crippen LogP) is 3.92. The van der Waals surface area contributed by atoms with Crippen molar-refractivity contribution in [3.8, 4) is 0 Å². The number of hydrogen-bond donors (Lipinski definition) is 2. The van der Waals surface area contributed by atoms with Crippen LogP contribution in [0.15, 0.2) is 29.1 Å². The smallest absolute Gasteiger partial charge is 0.348 e. The van der Waals surface area contributed by atoms with Crippen LogP contribution in [0.2, 0.25) is 0 Å². The normalized spacial score (nSPS) is 11.6. The summed E-state index contributed by atoms with van der Waals surface area (Å²) in [6.45, 7) is 3.52. The number of thioether (sulfide) groups is 1. The number of carbonyl (C=O) groups excluding carboxylic acids is 1. The number of aliphatic carboxylic acids is 1. The summed E-state index contributed by atoms with van der Waals surface area (Å²) in [6, 6.07) is 5.98. The fourth-order valence-electron chi connectivity index (χ4n) is 2.70. The second-order valence-corrected chi connectivity index (χ2v) is 8.10. The number of carboxylic acids is 1. The van der Waals surface area contributed by atoms with Gasteiger partial charge in [-0.2, -0.15) is 0 Å². The summed E-state index contributed by atoms with van der Waals surface area (Å²) in [5, 5.41) is 9.31. The van der Waals surface area contributed by atoms with Crippen LogP contribution in [0.5, 0.6) is 0 Å². The van der Waals surface area contributed by atoms with Crippen LogP contribution in [-0.2, 0) is 9.53 Å². The number of carboxylic acid groups (broad SMARTS) is 1. The van der Waals surface area contributed by atoms with Crippen molar-refractivity contribution in [3.05, 3.63) is 62.3 Å². The summed E-state index contributed by atoms with van der Waals surface area (Å²) < 4.78 is 19.1. The van der Waals surface area contributed by atoms with Gasteiger partial charge in [0.2, 0.25) is 0 Å². The second kappa shape index (κ2) is 9.23. The lowest BCUT2D eigenvalue weighted by Gasteiger charge is -2.06. The fraction of sp³-hybridized carbons (Fsp3) is 0.200. The van der Waals surface area contributed by atoms with E-state index in [1.165, 1.54) is 24.3 Å². The van der Waals surface area contributed by atoms with Crippen molar-refractivity contribution in [1.82, 2.24) is 9.97 Å². The Balaban J connectivity index is 2.15. The third kappa shape index (κ3) is 4.60. The summed E-state index contributed by atoms with van der Waals surface area (Å²) in [7, 11) is 0. The number of fused-ring (bicyclic) bond motifs is 1. The lowest BCUT2D eigenvalue weighted by molar-refractivity contribution is -0.133. The molecule has 3 aromatic rings. The average molecular weight is 448 g/mol. The first-order valence-electron chi connectivity index (χ1n) is 8.83. The van der Waals surface area contributed by atoms with E-state index in [9.17, 15) is 18.8 Å². The molecule has 3 rings (SSSR count). The van der Waals surface area contributed by atoms with Gasteiger partial charge in [0.25, 0.3) is 5.56 Å². The molecule has 0 unspecified atom stereocenters. The minimum atomic E-state index is -1.07. The van der Waals surface area contributed by atoms with Gasteiger partial charge in [0.05, 0.1) is 22.7 Å². The zero-order valence-electron chi connectivity index (χ0n) is 16.0. The highest BCUT2D eigenvalue weighted by Gasteiger charge is 2.21. The molecule has 2 aromatic heterocycles. The number of aryl methyl sites for hydroxylation is 1. The average Bonchev–Trinajstić information content (AvgIpc) is 3.03. The van der Waals surface area contributed by atoms with Crippen LogP contribution < -0.4 is 5.56 Å². The number of hydrogen-bond acceptors (Lipinski definition) is 7. The molecule has 10 heteroatoms. The first-order chi connectivity index (χ1) is 14.3. The van der Waals surface area contributed by atoms with Crippen LogP contribution in [0.25, 0.3) is 21.2 Å². The SMILES string of the molecule is CCOC(=O)c1sc2nc(C(=Cc3ccccc3F)SCC(=O)O)[nH]c(=O)c2c1C. The molecule has 0 saturated carbocycles.